The Morgan fingerprint density at radius 2 is 2.24 bits per heavy atom. The number of nitrogens with two attached hydrogens (primary N) is 1. The third-order valence-electron chi connectivity index (χ3n) is 3.97. The molecular weight excluding hydrogens is 272 g/mol. The van der Waals surface area contributed by atoms with Crippen LogP contribution in [0.15, 0.2) is 6.33 Å². The number of H-pyrrole nitrogens is 1. The highest BCUT2D eigenvalue weighted by molar-refractivity contribution is 5.85. The number of rotatable bonds is 5. The predicted octanol–water partition coefficient (Wildman–Crippen LogP) is 0.0283. The molecule has 0 amide bonds. The van der Waals surface area contributed by atoms with Crippen LogP contribution >= 0.6 is 0 Å². The molecule has 1 aliphatic heterocycles. The topological polar surface area (TPSA) is 102 Å². The summed E-state index contributed by atoms with van der Waals surface area (Å²) in [6.45, 7) is 3.18. The number of methoxy groups -OCH3 is 2. The van der Waals surface area contributed by atoms with Gasteiger partial charge in [-0.25, -0.2) is 9.97 Å². The molecule has 2 atom stereocenters. The van der Waals surface area contributed by atoms with Crippen molar-refractivity contribution in [3.63, 3.8) is 0 Å². The van der Waals surface area contributed by atoms with Crippen molar-refractivity contribution in [1.82, 2.24) is 25.1 Å². The molecule has 0 aliphatic carbocycles. The largest absolute Gasteiger partial charge is 0.384 e. The third-order valence-corrected chi connectivity index (χ3v) is 3.97. The second-order valence-corrected chi connectivity index (χ2v) is 5.34. The number of hydrogen-bond donors (Lipinski definition) is 2. The number of likely N-dealkylation sites (tertiary alicyclic amines) is 1. The lowest BCUT2D eigenvalue weighted by atomic mass is 10.1. The summed E-state index contributed by atoms with van der Waals surface area (Å²) in [5.41, 5.74) is 8.17. The first-order valence-corrected chi connectivity index (χ1v) is 6.90. The molecule has 0 radical (unpaired) electrons. The number of aromatic nitrogens is 4. The molecule has 0 bridgehead atoms. The molecule has 0 spiro atoms. The van der Waals surface area contributed by atoms with Gasteiger partial charge in [0.25, 0.3) is 0 Å². The summed E-state index contributed by atoms with van der Waals surface area (Å²) in [4.78, 5) is 10.5. The number of anilines is 1. The molecule has 0 saturated carbocycles. The van der Waals surface area contributed by atoms with Crippen LogP contribution in [0.4, 0.5) is 5.82 Å². The maximum absolute atomic E-state index is 5.81. The molecule has 21 heavy (non-hydrogen) atoms. The molecule has 2 aromatic rings. The number of hydrogen-bond acceptors (Lipinski definition) is 7. The maximum Gasteiger partial charge on any atom is 0.152 e. The zero-order valence-corrected chi connectivity index (χ0v) is 12.2. The van der Waals surface area contributed by atoms with Gasteiger partial charge in [0, 0.05) is 39.8 Å². The smallest absolute Gasteiger partial charge is 0.152 e. The first-order valence-electron chi connectivity index (χ1n) is 6.90. The molecule has 8 nitrogen and oxygen atoms in total. The normalized spacial score (nSPS) is 23.1. The number of nitrogens with zero attached hydrogens (tertiary/aromatic N) is 4. The molecule has 114 valence electrons. The minimum atomic E-state index is 0.190. The fraction of sp³-hybridized carbons (Fsp3) is 0.615. The van der Waals surface area contributed by atoms with Gasteiger partial charge in [-0.15, -0.1) is 0 Å². The molecule has 2 aromatic heterocycles. The summed E-state index contributed by atoms with van der Waals surface area (Å²) in [7, 11) is 3.46. The van der Waals surface area contributed by atoms with Gasteiger partial charge in [-0.3, -0.25) is 10.00 Å². The molecule has 1 saturated heterocycles. The van der Waals surface area contributed by atoms with E-state index in [2.05, 4.69) is 25.1 Å². The lowest BCUT2D eigenvalue weighted by Crippen LogP contribution is -2.24. The van der Waals surface area contributed by atoms with E-state index in [1.165, 1.54) is 6.33 Å². The SMILES string of the molecule is COC[C@H]1CN(Cc2n[nH]c3c(N)ncnc23)CC1OC. The Kier molecular flexibility index (Phi) is 4.00. The highest BCUT2D eigenvalue weighted by Crippen LogP contribution is 2.24. The number of nitrogens with one attached hydrogen (secondary N) is 1. The average molecular weight is 292 g/mol. The van der Waals surface area contributed by atoms with Crippen molar-refractivity contribution in [3.05, 3.63) is 12.0 Å². The van der Waals surface area contributed by atoms with E-state index < -0.39 is 0 Å². The Morgan fingerprint density at radius 1 is 1.38 bits per heavy atom. The van der Waals surface area contributed by atoms with Gasteiger partial charge in [-0.2, -0.15) is 5.10 Å². The van der Waals surface area contributed by atoms with Crippen LogP contribution in [0.25, 0.3) is 11.0 Å². The minimum absolute atomic E-state index is 0.190. The molecule has 8 heteroatoms. The number of ether oxygens (including phenoxy) is 2. The van der Waals surface area contributed by atoms with E-state index in [-0.39, 0.29) is 6.10 Å². The monoisotopic (exact) mass is 292 g/mol. The highest BCUT2D eigenvalue weighted by Gasteiger charge is 2.33. The zero-order chi connectivity index (χ0) is 14.8. The molecular formula is C13H20N6O2. The van der Waals surface area contributed by atoms with Crippen LogP contribution in [-0.2, 0) is 16.0 Å². The standard InChI is InChI=1S/C13H20N6O2/c1-20-6-8-3-19(5-10(8)21-2)4-9-11-12(18-17-9)13(14)16-7-15-11/h7-8,10H,3-6H2,1-2H3,(H,17,18)(H2,14,15,16)/t8-,10?/m1/s1. The van der Waals surface area contributed by atoms with E-state index in [1.807, 2.05) is 0 Å². The van der Waals surface area contributed by atoms with Crippen LogP contribution < -0.4 is 5.73 Å². The van der Waals surface area contributed by atoms with Crippen molar-refractivity contribution < 1.29 is 9.47 Å². The lowest BCUT2D eigenvalue weighted by Gasteiger charge is -2.14. The maximum atomic E-state index is 5.81. The van der Waals surface area contributed by atoms with Crippen molar-refractivity contribution in [1.29, 1.82) is 0 Å². The van der Waals surface area contributed by atoms with Gasteiger partial charge in [0.2, 0.25) is 0 Å². The third kappa shape index (κ3) is 2.69. The second kappa shape index (κ2) is 5.92. The van der Waals surface area contributed by atoms with Gasteiger partial charge in [-0.05, 0) is 0 Å². The summed E-state index contributed by atoms with van der Waals surface area (Å²) < 4.78 is 10.8. The molecule has 1 aliphatic rings. The summed E-state index contributed by atoms with van der Waals surface area (Å²) >= 11 is 0. The van der Waals surface area contributed by atoms with E-state index in [0.29, 0.717) is 30.4 Å². The van der Waals surface area contributed by atoms with Gasteiger partial charge in [-0.1, -0.05) is 0 Å². The fourth-order valence-corrected chi connectivity index (χ4v) is 2.92. The Morgan fingerprint density at radius 3 is 3.00 bits per heavy atom. The first-order chi connectivity index (χ1) is 10.2. The fourth-order valence-electron chi connectivity index (χ4n) is 2.92. The highest BCUT2D eigenvalue weighted by atomic mass is 16.5. The lowest BCUT2D eigenvalue weighted by molar-refractivity contribution is 0.0429. The van der Waals surface area contributed by atoms with Crippen molar-refractivity contribution in [3.8, 4) is 0 Å². The van der Waals surface area contributed by atoms with Crippen molar-refractivity contribution >= 4 is 16.9 Å². The molecule has 0 aromatic carbocycles. The Labute approximate surface area is 122 Å². The Bertz CT molecular complexity index is 616. The van der Waals surface area contributed by atoms with Crippen LogP contribution in [0.3, 0.4) is 0 Å². The summed E-state index contributed by atoms with van der Waals surface area (Å²) in [6, 6.07) is 0. The molecule has 1 unspecified atom stereocenters. The van der Waals surface area contributed by atoms with E-state index >= 15 is 0 Å². The second-order valence-electron chi connectivity index (χ2n) is 5.34. The molecule has 3 N–H and O–H groups in total. The van der Waals surface area contributed by atoms with E-state index in [1.54, 1.807) is 14.2 Å². The van der Waals surface area contributed by atoms with Gasteiger partial charge < -0.3 is 15.2 Å². The minimum Gasteiger partial charge on any atom is -0.384 e. The van der Waals surface area contributed by atoms with Gasteiger partial charge in [0.1, 0.15) is 23.1 Å². The molecule has 1 fully saturated rings. The van der Waals surface area contributed by atoms with E-state index in [4.69, 9.17) is 15.2 Å². The van der Waals surface area contributed by atoms with Crippen LogP contribution in [0.1, 0.15) is 5.69 Å². The quantitative estimate of drug-likeness (QED) is 0.801. The predicted molar refractivity (Wildman–Crippen MR) is 77.5 cm³/mol. The summed E-state index contributed by atoms with van der Waals surface area (Å²) in [5.74, 6) is 0.803. The Balaban J connectivity index is 1.75. The zero-order valence-electron chi connectivity index (χ0n) is 12.2. The van der Waals surface area contributed by atoms with E-state index in [9.17, 15) is 0 Å². The number of aromatic amines is 1. The van der Waals surface area contributed by atoms with Crippen LogP contribution in [-0.4, -0.2) is 65.1 Å². The Hall–Kier alpha value is -1.77. The average Bonchev–Trinajstić information content (AvgIpc) is 3.05. The van der Waals surface area contributed by atoms with Gasteiger partial charge in [0.05, 0.1) is 12.7 Å². The molecule has 3 heterocycles. The van der Waals surface area contributed by atoms with Crippen LogP contribution in [0.2, 0.25) is 0 Å². The first kappa shape index (κ1) is 14.2. The van der Waals surface area contributed by atoms with Crippen molar-refractivity contribution in [2.45, 2.75) is 12.6 Å². The van der Waals surface area contributed by atoms with Gasteiger partial charge >= 0.3 is 0 Å². The van der Waals surface area contributed by atoms with Gasteiger partial charge in [0.15, 0.2) is 5.82 Å². The summed E-state index contributed by atoms with van der Waals surface area (Å²) in [6.07, 6.45) is 1.65. The number of nitrogen functional groups attached to an aromatic ring is 1. The van der Waals surface area contributed by atoms with Crippen molar-refractivity contribution in [2.24, 2.45) is 5.92 Å². The van der Waals surface area contributed by atoms with Crippen LogP contribution in [0.5, 0.6) is 0 Å². The van der Waals surface area contributed by atoms with Crippen molar-refractivity contribution in [2.75, 3.05) is 39.6 Å². The van der Waals surface area contributed by atoms with E-state index in [0.717, 1.165) is 24.3 Å². The summed E-state index contributed by atoms with van der Waals surface area (Å²) in [5, 5.41) is 7.23. The van der Waals surface area contributed by atoms with Crippen LogP contribution in [0, 0.1) is 5.92 Å². The number of fused-ring (bicyclic) bond motifs is 1. The molecule has 3 rings (SSSR count).